The molecule has 0 aromatic heterocycles. The number of hydrogen-bond donors (Lipinski definition) is 1. The fraction of sp³-hybridized carbons (Fsp3) is 0.167. The summed E-state index contributed by atoms with van der Waals surface area (Å²) in [6.07, 6.45) is -0.413. The minimum absolute atomic E-state index is 0.0930. The van der Waals surface area contributed by atoms with Crippen LogP contribution in [0.4, 0.5) is 5.69 Å². The minimum atomic E-state index is -2.01. The first-order valence-electron chi connectivity index (χ1n) is 9.77. The maximum atomic E-state index is 13.4. The topological polar surface area (TPSA) is 76.1 Å². The summed E-state index contributed by atoms with van der Waals surface area (Å²) < 4.78 is 10.6. The van der Waals surface area contributed by atoms with Crippen molar-refractivity contribution in [3.05, 3.63) is 88.4 Å². The average molecular weight is 436 g/mol. The van der Waals surface area contributed by atoms with Crippen molar-refractivity contribution in [1.82, 2.24) is 0 Å². The molecule has 1 amide bonds. The molecule has 0 radical (unpaired) electrons. The molecule has 1 atom stereocenters. The molecule has 3 aromatic carbocycles. The van der Waals surface area contributed by atoms with E-state index in [0.717, 1.165) is 5.56 Å². The number of halogens is 1. The first-order chi connectivity index (χ1) is 15.0. The molecule has 0 spiro atoms. The van der Waals surface area contributed by atoms with Crippen molar-refractivity contribution >= 4 is 29.0 Å². The summed E-state index contributed by atoms with van der Waals surface area (Å²) in [5, 5.41) is 11.9. The Morgan fingerprint density at radius 2 is 1.81 bits per heavy atom. The van der Waals surface area contributed by atoms with E-state index in [1.165, 1.54) is 4.90 Å². The molecule has 0 fully saturated rings. The van der Waals surface area contributed by atoms with Crippen LogP contribution in [0.2, 0.25) is 5.02 Å². The van der Waals surface area contributed by atoms with Gasteiger partial charge in [0.05, 0.1) is 18.7 Å². The van der Waals surface area contributed by atoms with Gasteiger partial charge in [0.2, 0.25) is 6.79 Å². The van der Waals surface area contributed by atoms with Gasteiger partial charge in [0.15, 0.2) is 22.9 Å². The summed E-state index contributed by atoms with van der Waals surface area (Å²) in [5.74, 6) is 0.0763. The summed E-state index contributed by atoms with van der Waals surface area (Å²) in [7, 11) is 0. The van der Waals surface area contributed by atoms with Crippen molar-refractivity contribution in [2.45, 2.75) is 18.6 Å². The summed E-state index contributed by atoms with van der Waals surface area (Å²) in [6.45, 7) is 0.366. The van der Waals surface area contributed by atoms with Crippen LogP contribution in [0.15, 0.2) is 66.7 Å². The van der Waals surface area contributed by atoms with Crippen molar-refractivity contribution in [3.8, 4) is 11.5 Å². The molecule has 3 aromatic rings. The Morgan fingerprint density at radius 1 is 1.03 bits per heavy atom. The molecular formula is C24H18ClNO5. The number of fused-ring (bicyclic) bond motifs is 2. The zero-order chi connectivity index (χ0) is 21.6. The molecule has 2 aliphatic rings. The van der Waals surface area contributed by atoms with Crippen molar-refractivity contribution in [2.75, 3.05) is 11.7 Å². The van der Waals surface area contributed by atoms with Gasteiger partial charge in [-0.05, 0) is 42.0 Å². The van der Waals surface area contributed by atoms with Gasteiger partial charge in [-0.2, -0.15) is 0 Å². The molecule has 0 saturated heterocycles. The van der Waals surface area contributed by atoms with E-state index in [1.54, 1.807) is 36.4 Å². The van der Waals surface area contributed by atoms with E-state index in [4.69, 9.17) is 21.1 Å². The van der Waals surface area contributed by atoms with Crippen LogP contribution < -0.4 is 14.4 Å². The molecule has 0 saturated carbocycles. The number of Topliss-reactive ketones (excluding diaryl/α,β-unsaturated/α-hetero) is 1. The van der Waals surface area contributed by atoms with Gasteiger partial charge in [-0.25, -0.2) is 0 Å². The van der Waals surface area contributed by atoms with Crippen LogP contribution in [0.5, 0.6) is 11.5 Å². The predicted molar refractivity (Wildman–Crippen MR) is 114 cm³/mol. The first-order valence-corrected chi connectivity index (χ1v) is 10.1. The van der Waals surface area contributed by atoms with Crippen LogP contribution in [0, 0.1) is 0 Å². The zero-order valence-corrected chi connectivity index (χ0v) is 17.1. The monoisotopic (exact) mass is 435 g/mol. The van der Waals surface area contributed by atoms with Gasteiger partial charge in [0, 0.05) is 16.1 Å². The third kappa shape index (κ3) is 3.34. The predicted octanol–water partition coefficient (Wildman–Crippen LogP) is 4.08. The molecule has 5 rings (SSSR count). The number of benzene rings is 3. The van der Waals surface area contributed by atoms with Gasteiger partial charge in [-0.15, -0.1) is 0 Å². The lowest BCUT2D eigenvalue weighted by Gasteiger charge is -2.23. The highest BCUT2D eigenvalue weighted by Crippen LogP contribution is 2.45. The fourth-order valence-electron chi connectivity index (χ4n) is 4.02. The summed E-state index contributed by atoms with van der Waals surface area (Å²) >= 11 is 6.17. The smallest absolute Gasteiger partial charge is 0.264 e. The highest BCUT2D eigenvalue weighted by atomic mass is 35.5. The second kappa shape index (κ2) is 7.41. The maximum Gasteiger partial charge on any atom is 0.264 e. The van der Waals surface area contributed by atoms with Crippen molar-refractivity contribution in [3.63, 3.8) is 0 Å². The summed E-state index contributed by atoms with van der Waals surface area (Å²) in [4.78, 5) is 27.9. The molecule has 0 bridgehead atoms. The number of hydrogen-bond acceptors (Lipinski definition) is 5. The van der Waals surface area contributed by atoms with Gasteiger partial charge in [-0.3, -0.25) is 9.59 Å². The number of aliphatic hydroxyl groups is 1. The van der Waals surface area contributed by atoms with E-state index in [9.17, 15) is 14.7 Å². The van der Waals surface area contributed by atoms with Crippen LogP contribution in [-0.2, 0) is 16.9 Å². The Kier molecular flexibility index (Phi) is 4.68. The second-order valence-corrected chi connectivity index (χ2v) is 8.00. The van der Waals surface area contributed by atoms with Crippen LogP contribution in [0.1, 0.15) is 27.9 Å². The van der Waals surface area contributed by atoms with Crippen LogP contribution in [-0.4, -0.2) is 23.6 Å². The molecule has 2 aliphatic heterocycles. The van der Waals surface area contributed by atoms with Gasteiger partial charge < -0.3 is 19.5 Å². The molecular weight excluding hydrogens is 418 g/mol. The Labute approximate surface area is 183 Å². The number of rotatable bonds is 5. The van der Waals surface area contributed by atoms with Crippen molar-refractivity contribution in [1.29, 1.82) is 0 Å². The molecule has 6 nitrogen and oxygen atoms in total. The fourth-order valence-corrected chi connectivity index (χ4v) is 4.19. The van der Waals surface area contributed by atoms with Gasteiger partial charge in [-0.1, -0.05) is 41.9 Å². The molecule has 31 heavy (non-hydrogen) atoms. The van der Waals surface area contributed by atoms with Crippen LogP contribution >= 0.6 is 11.6 Å². The lowest BCUT2D eigenvalue weighted by Crippen LogP contribution is -2.41. The molecule has 0 aliphatic carbocycles. The standard InChI is InChI=1S/C24H18ClNO5/c25-17-7-8-19-18(11-17)24(29,23(28)26(19)13-15-4-2-1-3-5-15)12-20(27)16-6-9-21-22(10-16)31-14-30-21/h1-11,29H,12-14H2/t24-/m1/s1. The van der Waals surface area contributed by atoms with Gasteiger partial charge in [0.1, 0.15) is 0 Å². The highest BCUT2D eigenvalue weighted by molar-refractivity contribution is 6.31. The molecule has 2 heterocycles. The van der Waals surface area contributed by atoms with Crippen LogP contribution in [0.3, 0.4) is 0 Å². The lowest BCUT2D eigenvalue weighted by atomic mass is 9.88. The molecule has 7 heteroatoms. The van der Waals surface area contributed by atoms with Gasteiger partial charge >= 0.3 is 0 Å². The first kappa shape index (κ1) is 19.6. The lowest BCUT2D eigenvalue weighted by molar-refractivity contribution is -0.136. The Morgan fingerprint density at radius 3 is 2.61 bits per heavy atom. The maximum absolute atomic E-state index is 13.4. The van der Waals surface area contributed by atoms with Crippen LogP contribution in [0.25, 0.3) is 0 Å². The van der Waals surface area contributed by atoms with E-state index in [1.807, 2.05) is 30.3 Å². The number of ether oxygens (including phenoxy) is 2. The van der Waals surface area contributed by atoms with Crippen molar-refractivity contribution in [2.24, 2.45) is 0 Å². The second-order valence-electron chi connectivity index (χ2n) is 7.57. The number of amides is 1. The van der Waals surface area contributed by atoms with E-state index >= 15 is 0 Å². The van der Waals surface area contributed by atoms with Crippen molar-refractivity contribution < 1.29 is 24.2 Å². The summed E-state index contributed by atoms with van der Waals surface area (Å²) in [6, 6.07) is 19.2. The Balaban J connectivity index is 1.49. The summed E-state index contributed by atoms with van der Waals surface area (Å²) in [5.41, 5.74) is 0.0931. The molecule has 1 N–H and O–H groups in total. The van der Waals surface area contributed by atoms with E-state index in [-0.39, 0.29) is 19.1 Å². The van der Waals surface area contributed by atoms with Gasteiger partial charge in [0.25, 0.3) is 5.91 Å². The van der Waals surface area contributed by atoms with E-state index in [2.05, 4.69) is 0 Å². The molecule has 156 valence electrons. The largest absolute Gasteiger partial charge is 0.454 e. The van der Waals surface area contributed by atoms with E-state index in [0.29, 0.717) is 33.3 Å². The third-order valence-electron chi connectivity index (χ3n) is 5.59. The Hall–Kier alpha value is -3.35. The number of carbonyl (C=O) groups is 2. The number of anilines is 1. The highest BCUT2D eigenvalue weighted by Gasteiger charge is 2.51. The van der Waals surface area contributed by atoms with E-state index < -0.39 is 17.9 Å². The molecule has 0 unspecified atom stereocenters. The zero-order valence-electron chi connectivity index (χ0n) is 16.4. The Bertz CT molecular complexity index is 1200. The minimum Gasteiger partial charge on any atom is -0.454 e. The normalized spacial score (nSPS) is 18.9. The number of ketones is 1. The SMILES string of the molecule is O=C(C[C@]1(O)C(=O)N(Cc2ccccc2)c2ccc(Cl)cc21)c1ccc2c(c1)OCO2. The third-order valence-corrected chi connectivity index (χ3v) is 5.82. The quantitative estimate of drug-likeness (QED) is 0.611. The average Bonchev–Trinajstić information content (AvgIpc) is 3.32. The number of nitrogens with zero attached hydrogens (tertiary/aromatic N) is 1. The number of carbonyl (C=O) groups excluding carboxylic acids is 2.